The molecule has 0 unspecified atom stereocenters. The van der Waals surface area contributed by atoms with Crippen molar-refractivity contribution >= 4 is 21.6 Å². The number of benzene rings is 2. The van der Waals surface area contributed by atoms with E-state index in [4.69, 9.17) is 0 Å². The van der Waals surface area contributed by atoms with Crippen molar-refractivity contribution in [2.24, 2.45) is 5.92 Å². The van der Waals surface area contributed by atoms with Crippen LogP contribution in [0.5, 0.6) is 0 Å². The first-order chi connectivity index (χ1) is 15.1. The lowest BCUT2D eigenvalue weighted by atomic mass is 9.85. The fourth-order valence-corrected chi connectivity index (χ4v) is 5.20. The first kappa shape index (κ1) is 23.8. The van der Waals surface area contributed by atoms with Crippen LogP contribution >= 0.6 is 0 Å². The molecule has 2 N–H and O–H groups in total. The zero-order chi connectivity index (χ0) is 23.5. The molecule has 2 aromatic rings. The van der Waals surface area contributed by atoms with E-state index in [1.807, 2.05) is 6.92 Å². The molecule has 1 aliphatic carbocycles. The number of hydrogen-bond acceptors (Lipinski definition) is 5. The molecule has 0 saturated heterocycles. The minimum absolute atomic E-state index is 0.114. The van der Waals surface area contributed by atoms with Gasteiger partial charge in [-0.25, -0.2) is 17.5 Å². The third kappa shape index (κ3) is 5.68. The minimum Gasteiger partial charge on any atom is -0.349 e. The zero-order valence-corrected chi connectivity index (χ0v) is 18.7. The van der Waals surface area contributed by atoms with E-state index in [0.29, 0.717) is 31.2 Å². The maximum Gasteiger partial charge on any atom is 0.273 e. The van der Waals surface area contributed by atoms with E-state index in [9.17, 15) is 27.7 Å². The summed E-state index contributed by atoms with van der Waals surface area (Å²) in [6, 6.07) is 9.15. The quantitative estimate of drug-likeness (QED) is 0.479. The Morgan fingerprint density at radius 2 is 1.75 bits per heavy atom. The molecule has 0 radical (unpaired) electrons. The Balaban J connectivity index is 1.56. The fraction of sp³-hybridized carbons (Fsp3) is 0.409. The van der Waals surface area contributed by atoms with Crippen molar-refractivity contribution in [2.75, 3.05) is 0 Å². The third-order valence-corrected chi connectivity index (χ3v) is 7.35. The number of carbonyl (C=O) groups is 1. The van der Waals surface area contributed by atoms with Gasteiger partial charge < -0.3 is 5.32 Å². The van der Waals surface area contributed by atoms with Crippen molar-refractivity contribution in [3.05, 3.63) is 69.5 Å². The molecule has 1 atom stereocenters. The number of nitro benzene ring substituents is 1. The molecule has 1 saturated carbocycles. The molecular formula is C22H26FN3O5S. The molecule has 8 nitrogen and oxygen atoms in total. The first-order valence-corrected chi connectivity index (χ1v) is 11.9. The van der Waals surface area contributed by atoms with E-state index in [0.717, 1.165) is 11.6 Å². The van der Waals surface area contributed by atoms with Crippen LogP contribution in [0.1, 0.15) is 49.8 Å². The van der Waals surface area contributed by atoms with Gasteiger partial charge in [0.05, 0.1) is 15.9 Å². The minimum atomic E-state index is -3.91. The molecule has 1 amide bonds. The van der Waals surface area contributed by atoms with Gasteiger partial charge >= 0.3 is 0 Å². The Kier molecular flexibility index (Phi) is 7.25. The van der Waals surface area contributed by atoms with Crippen LogP contribution < -0.4 is 10.0 Å². The summed E-state index contributed by atoms with van der Waals surface area (Å²) in [5.74, 6) is -0.690. The number of aryl methyl sites for hydroxylation is 1. The van der Waals surface area contributed by atoms with Crippen molar-refractivity contribution in [1.82, 2.24) is 10.0 Å². The van der Waals surface area contributed by atoms with E-state index in [1.165, 1.54) is 24.3 Å². The second-order valence-electron chi connectivity index (χ2n) is 8.16. The lowest BCUT2D eigenvalue weighted by Crippen LogP contribution is -2.41. The van der Waals surface area contributed by atoms with Gasteiger partial charge in [-0.1, -0.05) is 18.2 Å². The first-order valence-electron chi connectivity index (χ1n) is 10.4. The van der Waals surface area contributed by atoms with Crippen LogP contribution in [0.2, 0.25) is 0 Å². The normalized spacial score (nSPS) is 19.8. The summed E-state index contributed by atoms with van der Waals surface area (Å²) in [4.78, 5) is 23.0. The van der Waals surface area contributed by atoms with Crippen LogP contribution in [-0.2, 0) is 14.8 Å². The Morgan fingerprint density at radius 3 is 2.34 bits per heavy atom. The van der Waals surface area contributed by atoms with Crippen LogP contribution in [0.3, 0.4) is 0 Å². The molecule has 10 heteroatoms. The van der Waals surface area contributed by atoms with Gasteiger partial charge in [0.2, 0.25) is 15.9 Å². The molecule has 32 heavy (non-hydrogen) atoms. The molecule has 0 spiro atoms. The molecule has 0 aliphatic heterocycles. The molecule has 0 bridgehead atoms. The average molecular weight is 464 g/mol. The summed E-state index contributed by atoms with van der Waals surface area (Å²) in [6.45, 7) is 3.37. The summed E-state index contributed by atoms with van der Waals surface area (Å²) in [5, 5.41) is 14.0. The molecule has 0 aromatic heterocycles. The predicted molar refractivity (Wildman–Crippen MR) is 117 cm³/mol. The van der Waals surface area contributed by atoms with Crippen LogP contribution in [-0.4, -0.2) is 25.3 Å². The van der Waals surface area contributed by atoms with Crippen molar-refractivity contribution in [1.29, 1.82) is 0 Å². The predicted octanol–water partition coefficient (Wildman–Crippen LogP) is 3.76. The summed E-state index contributed by atoms with van der Waals surface area (Å²) >= 11 is 0. The van der Waals surface area contributed by atoms with Crippen LogP contribution in [0.4, 0.5) is 10.1 Å². The number of halogens is 1. The van der Waals surface area contributed by atoms with Crippen molar-refractivity contribution < 1.29 is 22.5 Å². The number of hydrogen-bond donors (Lipinski definition) is 2. The number of sulfonamides is 1. The highest BCUT2D eigenvalue weighted by molar-refractivity contribution is 7.89. The zero-order valence-electron chi connectivity index (χ0n) is 17.9. The standard InChI is InChI=1S/C22H26FN3O5S/c1-14-3-12-20(13-21(14)26(28)29)32(30,31)25-19-10-6-17(7-11-19)22(27)24-15(2)16-4-8-18(23)9-5-16/h3-5,8-9,12-13,15,17,19,25H,6-7,10-11H2,1-2H3,(H,24,27)/t15-,17-,19-/m1/s1. The molecule has 3 rings (SSSR count). The van der Waals surface area contributed by atoms with E-state index in [2.05, 4.69) is 10.0 Å². The molecule has 172 valence electrons. The Morgan fingerprint density at radius 1 is 1.12 bits per heavy atom. The van der Waals surface area contributed by atoms with E-state index in [1.54, 1.807) is 19.1 Å². The highest BCUT2D eigenvalue weighted by atomic mass is 32.2. The monoisotopic (exact) mass is 463 g/mol. The molecule has 2 aromatic carbocycles. The Labute approximate surface area is 186 Å². The molecule has 1 aliphatic rings. The van der Waals surface area contributed by atoms with Crippen molar-refractivity contribution in [2.45, 2.75) is 56.5 Å². The summed E-state index contributed by atoms with van der Waals surface area (Å²) < 4.78 is 41.1. The lowest BCUT2D eigenvalue weighted by Gasteiger charge is -2.29. The number of carbonyl (C=O) groups excluding carboxylic acids is 1. The van der Waals surface area contributed by atoms with Crippen LogP contribution in [0.15, 0.2) is 47.4 Å². The van der Waals surface area contributed by atoms with Gasteiger partial charge in [0.25, 0.3) is 5.69 Å². The maximum atomic E-state index is 13.1. The summed E-state index contributed by atoms with van der Waals surface area (Å²) in [7, 11) is -3.91. The van der Waals surface area contributed by atoms with E-state index < -0.39 is 14.9 Å². The molecule has 1 fully saturated rings. The van der Waals surface area contributed by atoms with Gasteiger partial charge in [-0.15, -0.1) is 0 Å². The number of nitro groups is 1. The number of amides is 1. The largest absolute Gasteiger partial charge is 0.349 e. The van der Waals surface area contributed by atoms with E-state index >= 15 is 0 Å². The number of rotatable bonds is 7. The molecular weight excluding hydrogens is 437 g/mol. The summed E-state index contributed by atoms with van der Waals surface area (Å²) in [5.41, 5.74) is 0.937. The van der Waals surface area contributed by atoms with E-state index in [-0.39, 0.29) is 40.3 Å². The highest BCUT2D eigenvalue weighted by Gasteiger charge is 2.30. The van der Waals surface area contributed by atoms with Gasteiger partial charge in [0.15, 0.2) is 0 Å². The maximum absolute atomic E-state index is 13.1. The second kappa shape index (κ2) is 9.74. The number of nitrogens with zero attached hydrogens (tertiary/aromatic N) is 1. The van der Waals surface area contributed by atoms with Crippen LogP contribution in [0.25, 0.3) is 0 Å². The van der Waals surface area contributed by atoms with Gasteiger partial charge in [-0.3, -0.25) is 14.9 Å². The average Bonchev–Trinajstić information content (AvgIpc) is 2.74. The fourth-order valence-electron chi connectivity index (χ4n) is 3.88. The van der Waals surface area contributed by atoms with Gasteiger partial charge in [0, 0.05) is 23.6 Å². The van der Waals surface area contributed by atoms with Crippen molar-refractivity contribution in [3.8, 4) is 0 Å². The van der Waals surface area contributed by atoms with Gasteiger partial charge in [-0.05, 0) is 63.3 Å². The topological polar surface area (TPSA) is 118 Å². The Hall–Kier alpha value is -2.85. The van der Waals surface area contributed by atoms with Crippen LogP contribution in [0, 0.1) is 28.8 Å². The Bertz CT molecular complexity index is 1100. The third-order valence-electron chi connectivity index (χ3n) is 5.84. The van der Waals surface area contributed by atoms with Gasteiger partial charge in [-0.2, -0.15) is 0 Å². The SMILES string of the molecule is Cc1ccc(S(=O)(=O)N[C@H]2CC[C@H](C(=O)N[C@H](C)c3ccc(F)cc3)CC2)cc1[N+](=O)[O-]. The van der Waals surface area contributed by atoms with Gasteiger partial charge in [0.1, 0.15) is 5.82 Å². The highest BCUT2D eigenvalue weighted by Crippen LogP contribution is 2.28. The van der Waals surface area contributed by atoms with Crippen molar-refractivity contribution in [3.63, 3.8) is 0 Å². The summed E-state index contributed by atoms with van der Waals surface area (Å²) in [6.07, 6.45) is 2.00. The molecule has 0 heterocycles. The number of nitrogens with one attached hydrogen (secondary N) is 2. The lowest BCUT2D eigenvalue weighted by molar-refractivity contribution is -0.385. The second-order valence-corrected chi connectivity index (χ2v) is 9.87. The smallest absolute Gasteiger partial charge is 0.273 e.